The normalized spacial score (nSPS) is 15.3. The van der Waals surface area contributed by atoms with Gasteiger partial charge in [-0.1, -0.05) is 75.4 Å². The van der Waals surface area contributed by atoms with E-state index in [9.17, 15) is 4.79 Å². The number of hydrogen-bond acceptors (Lipinski definition) is 7. The van der Waals surface area contributed by atoms with Gasteiger partial charge in [0, 0.05) is 48.0 Å². The second-order valence-electron chi connectivity index (χ2n) is 13.0. The summed E-state index contributed by atoms with van der Waals surface area (Å²) < 4.78 is 19.3. The fraction of sp³-hybridized carbons (Fsp3) is 0.342. The molecule has 2 N–H and O–H groups in total. The highest BCUT2D eigenvalue weighted by molar-refractivity contribution is 6.07. The maximum Gasteiger partial charge on any atom is 0.324 e. The van der Waals surface area contributed by atoms with Crippen molar-refractivity contribution in [2.45, 2.75) is 45.1 Å². The molecule has 5 aromatic rings. The Labute approximate surface area is 282 Å². The van der Waals surface area contributed by atoms with Crippen LogP contribution in [0, 0.1) is 0 Å². The van der Waals surface area contributed by atoms with Crippen molar-refractivity contribution in [3.63, 3.8) is 0 Å². The Kier molecular flexibility index (Phi) is 10.2. The number of fused-ring (bicyclic) bond motifs is 1. The average Bonchev–Trinajstić information content (AvgIpc) is 3.53. The summed E-state index contributed by atoms with van der Waals surface area (Å²) in [5, 5.41) is 12.6. The Balaban J connectivity index is 1.09. The van der Waals surface area contributed by atoms with Gasteiger partial charge in [-0.25, -0.2) is 14.5 Å². The van der Waals surface area contributed by atoms with Crippen molar-refractivity contribution < 1.29 is 19.0 Å². The number of morpholine rings is 1. The van der Waals surface area contributed by atoms with E-state index in [1.165, 1.54) is 5.56 Å². The molecule has 48 heavy (non-hydrogen) atoms. The van der Waals surface area contributed by atoms with Crippen LogP contribution < -0.4 is 20.1 Å². The molecular weight excluding hydrogens is 604 g/mol. The summed E-state index contributed by atoms with van der Waals surface area (Å²) in [5.74, 6) is 1.81. The van der Waals surface area contributed by atoms with Crippen LogP contribution in [0.3, 0.4) is 0 Å². The van der Waals surface area contributed by atoms with Gasteiger partial charge in [-0.15, -0.1) is 0 Å². The second-order valence-corrected chi connectivity index (χ2v) is 13.0. The number of carbonyl (C=O) groups is 1. The summed E-state index contributed by atoms with van der Waals surface area (Å²) in [6.07, 6.45) is 3.91. The van der Waals surface area contributed by atoms with Gasteiger partial charge in [-0.2, -0.15) is 5.10 Å². The number of aryl methyl sites for hydroxylation is 1. The number of methoxy groups -OCH3 is 1. The fourth-order valence-electron chi connectivity index (χ4n) is 5.84. The molecule has 1 fully saturated rings. The first-order valence-corrected chi connectivity index (χ1v) is 16.5. The number of urea groups is 1. The quantitative estimate of drug-likeness (QED) is 0.158. The monoisotopic (exact) mass is 648 g/mol. The van der Waals surface area contributed by atoms with Crippen molar-refractivity contribution in [2.24, 2.45) is 0 Å². The van der Waals surface area contributed by atoms with Crippen molar-refractivity contribution in [1.29, 1.82) is 0 Å². The number of ether oxygens (including phenoxy) is 3. The van der Waals surface area contributed by atoms with Crippen LogP contribution in [0.4, 0.5) is 16.3 Å². The SMILES string of the molecule is COc1ccc(-n2nc(C(C)(C)C)cc2NC(=O)Nc2ccc(OCCN3CCOC(CCc4ccccc4)C3)c3ccccc23)cn1. The Bertz CT molecular complexity index is 1820. The van der Waals surface area contributed by atoms with Crippen molar-refractivity contribution in [2.75, 3.05) is 50.6 Å². The Morgan fingerprint density at radius 2 is 1.77 bits per heavy atom. The van der Waals surface area contributed by atoms with E-state index in [-0.39, 0.29) is 17.6 Å². The summed E-state index contributed by atoms with van der Waals surface area (Å²) in [5.41, 5.74) is 3.33. The van der Waals surface area contributed by atoms with Crippen LogP contribution in [0.1, 0.15) is 38.4 Å². The predicted molar refractivity (Wildman–Crippen MR) is 190 cm³/mol. The van der Waals surface area contributed by atoms with Crippen molar-refractivity contribution >= 4 is 28.3 Å². The molecule has 2 amide bonds. The number of hydrogen-bond donors (Lipinski definition) is 2. The highest BCUT2D eigenvalue weighted by atomic mass is 16.5. The van der Waals surface area contributed by atoms with Gasteiger partial charge in [0.05, 0.1) is 43.1 Å². The van der Waals surface area contributed by atoms with Crippen LogP contribution in [-0.4, -0.2) is 71.8 Å². The Morgan fingerprint density at radius 3 is 2.52 bits per heavy atom. The van der Waals surface area contributed by atoms with Crippen LogP contribution in [0.2, 0.25) is 0 Å². The number of carbonyl (C=O) groups excluding carboxylic acids is 1. The summed E-state index contributed by atoms with van der Waals surface area (Å²) in [6.45, 7) is 10.2. The average molecular weight is 649 g/mol. The lowest BCUT2D eigenvalue weighted by atomic mass is 9.92. The molecule has 1 atom stereocenters. The van der Waals surface area contributed by atoms with E-state index in [4.69, 9.17) is 19.3 Å². The van der Waals surface area contributed by atoms with Crippen molar-refractivity contribution in [3.05, 3.63) is 102 Å². The lowest BCUT2D eigenvalue weighted by Gasteiger charge is -2.33. The molecule has 1 aliphatic heterocycles. The first-order chi connectivity index (χ1) is 23.3. The minimum atomic E-state index is -0.383. The van der Waals surface area contributed by atoms with E-state index in [0.717, 1.165) is 61.3 Å². The lowest BCUT2D eigenvalue weighted by Crippen LogP contribution is -2.44. The minimum absolute atomic E-state index is 0.225. The molecule has 0 aliphatic carbocycles. The predicted octanol–water partition coefficient (Wildman–Crippen LogP) is 7.08. The maximum atomic E-state index is 13.4. The van der Waals surface area contributed by atoms with Crippen LogP contribution in [-0.2, 0) is 16.6 Å². The molecule has 0 bridgehead atoms. The Morgan fingerprint density at radius 1 is 0.979 bits per heavy atom. The smallest absolute Gasteiger partial charge is 0.324 e. The standard InChI is InChI=1S/C38H44N6O4/c1-38(2,3)34-24-35(44(42-34)28-15-19-36(46-4)39-25-28)41-37(45)40-32-17-18-33(31-13-9-8-12-30(31)32)48-23-21-43-20-22-47-29(26-43)16-14-27-10-6-5-7-11-27/h5-13,15,17-19,24-25,29H,14,16,20-23,26H2,1-4H3,(H2,40,41,45). The molecule has 0 saturated carbocycles. The van der Waals surface area contributed by atoms with Gasteiger partial charge in [0.2, 0.25) is 5.88 Å². The van der Waals surface area contributed by atoms with Crippen molar-refractivity contribution in [1.82, 2.24) is 19.7 Å². The Hall–Kier alpha value is -4.93. The molecule has 1 saturated heterocycles. The zero-order chi connectivity index (χ0) is 33.5. The van der Waals surface area contributed by atoms with Crippen molar-refractivity contribution in [3.8, 4) is 17.3 Å². The molecule has 10 heteroatoms. The largest absolute Gasteiger partial charge is 0.492 e. The minimum Gasteiger partial charge on any atom is -0.492 e. The van der Waals surface area contributed by atoms with Crippen LogP contribution >= 0.6 is 0 Å². The molecule has 1 aliphatic rings. The zero-order valence-electron chi connectivity index (χ0n) is 28.1. The third kappa shape index (κ3) is 8.13. The molecule has 3 heterocycles. The molecule has 0 spiro atoms. The number of anilines is 2. The summed E-state index contributed by atoms with van der Waals surface area (Å²) in [7, 11) is 1.57. The molecule has 3 aromatic carbocycles. The third-order valence-electron chi connectivity index (χ3n) is 8.51. The van der Waals surface area contributed by atoms with Crippen LogP contribution in [0.15, 0.2) is 91.1 Å². The molecule has 2 aromatic heterocycles. The number of nitrogens with one attached hydrogen (secondary N) is 2. The number of nitrogens with zero attached hydrogens (tertiary/aromatic N) is 4. The van der Waals surface area contributed by atoms with E-state index >= 15 is 0 Å². The zero-order valence-corrected chi connectivity index (χ0v) is 28.1. The van der Waals surface area contributed by atoms with E-state index in [0.29, 0.717) is 29.7 Å². The van der Waals surface area contributed by atoms with Crippen LogP contribution in [0.5, 0.6) is 11.6 Å². The number of pyridine rings is 1. The second kappa shape index (κ2) is 14.9. The third-order valence-corrected chi connectivity index (χ3v) is 8.51. The van der Waals surface area contributed by atoms with Gasteiger partial charge in [0.25, 0.3) is 0 Å². The number of rotatable bonds is 11. The number of aromatic nitrogens is 3. The fourth-order valence-corrected chi connectivity index (χ4v) is 5.84. The maximum absolute atomic E-state index is 13.4. The highest BCUT2D eigenvalue weighted by Gasteiger charge is 2.23. The molecule has 0 radical (unpaired) electrons. The molecule has 250 valence electrons. The number of benzene rings is 3. The van der Waals surface area contributed by atoms with Gasteiger partial charge >= 0.3 is 6.03 Å². The lowest BCUT2D eigenvalue weighted by molar-refractivity contribution is -0.0344. The first-order valence-electron chi connectivity index (χ1n) is 16.5. The number of amides is 2. The van der Waals surface area contributed by atoms with E-state index in [1.54, 1.807) is 24.1 Å². The molecule has 1 unspecified atom stereocenters. The van der Waals surface area contributed by atoms with E-state index in [1.807, 2.05) is 48.5 Å². The van der Waals surface area contributed by atoms with Gasteiger partial charge < -0.3 is 19.5 Å². The van der Waals surface area contributed by atoms with Gasteiger partial charge in [-0.05, 0) is 36.6 Å². The highest BCUT2D eigenvalue weighted by Crippen LogP contribution is 2.32. The molecule has 10 nitrogen and oxygen atoms in total. The van der Waals surface area contributed by atoms with Gasteiger partial charge in [0.1, 0.15) is 18.2 Å². The summed E-state index contributed by atoms with van der Waals surface area (Å²) in [4.78, 5) is 20.1. The van der Waals surface area contributed by atoms with Crippen LogP contribution in [0.25, 0.3) is 16.5 Å². The van der Waals surface area contributed by atoms with E-state index in [2.05, 4.69) is 71.6 Å². The van der Waals surface area contributed by atoms with Gasteiger partial charge in [0.15, 0.2) is 0 Å². The first kappa shape index (κ1) is 33.0. The molecular formula is C38H44N6O4. The van der Waals surface area contributed by atoms with Gasteiger partial charge in [-0.3, -0.25) is 10.2 Å². The topological polar surface area (TPSA) is 103 Å². The summed E-state index contributed by atoms with van der Waals surface area (Å²) in [6, 6.07) is 27.4. The van der Waals surface area contributed by atoms with E-state index < -0.39 is 0 Å². The molecule has 6 rings (SSSR count). The summed E-state index contributed by atoms with van der Waals surface area (Å²) >= 11 is 0.